The fourth-order valence-electron chi connectivity index (χ4n) is 2.70. The van der Waals surface area contributed by atoms with Gasteiger partial charge in [-0.25, -0.2) is 0 Å². The van der Waals surface area contributed by atoms with Gasteiger partial charge in [-0.3, -0.25) is 9.59 Å². The van der Waals surface area contributed by atoms with Gasteiger partial charge in [0.15, 0.2) is 0 Å². The molecule has 144 valence electrons. The third-order valence-electron chi connectivity index (χ3n) is 3.82. The lowest BCUT2D eigenvalue weighted by Crippen LogP contribution is -2.39. The molecule has 0 radical (unpaired) electrons. The van der Waals surface area contributed by atoms with Gasteiger partial charge in [-0.05, 0) is 57.0 Å². The molecule has 0 unspecified atom stereocenters. The van der Waals surface area contributed by atoms with Crippen LogP contribution in [0.25, 0.3) is 0 Å². The molecule has 2 rings (SSSR count). The Bertz CT molecular complexity index is 765. The van der Waals surface area contributed by atoms with E-state index < -0.39 is 5.60 Å². The van der Waals surface area contributed by atoms with Crippen molar-refractivity contribution in [1.82, 2.24) is 5.32 Å². The van der Waals surface area contributed by atoms with Gasteiger partial charge in [0.25, 0.3) is 5.91 Å². The Hall–Kier alpha value is -2.82. The summed E-state index contributed by atoms with van der Waals surface area (Å²) in [6.45, 7) is 5.47. The minimum Gasteiger partial charge on any atom is -0.497 e. The first-order valence-corrected chi connectivity index (χ1v) is 8.97. The summed E-state index contributed by atoms with van der Waals surface area (Å²) < 4.78 is 10.7. The lowest BCUT2D eigenvalue weighted by atomic mass is 10.0. The van der Waals surface area contributed by atoms with Crippen molar-refractivity contribution in [2.45, 2.75) is 45.3 Å². The number of amides is 1. The summed E-state index contributed by atoms with van der Waals surface area (Å²) in [5.74, 6) is 0.175. The van der Waals surface area contributed by atoms with E-state index >= 15 is 0 Å². The monoisotopic (exact) mass is 369 g/mol. The molecule has 0 bridgehead atoms. The minimum absolute atomic E-state index is 0.0903. The van der Waals surface area contributed by atoms with E-state index in [-0.39, 0.29) is 24.3 Å². The number of nitrogens with one attached hydrogen (secondary N) is 1. The Balaban J connectivity index is 2.14. The molecular formula is C22H27NO4. The molecule has 2 aromatic rings. The molecule has 0 aromatic heterocycles. The molecule has 0 fully saturated rings. The van der Waals surface area contributed by atoms with Crippen LogP contribution in [0.4, 0.5) is 0 Å². The van der Waals surface area contributed by atoms with Crippen LogP contribution in [-0.4, -0.2) is 30.6 Å². The Morgan fingerprint density at radius 2 is 1.74 bits per heavy atom. The maximum Gasteiger partial charge on any atom is 0.308 e. The SMILES string of the molecule is COc1cccc(C[C@H](CC(=O)OC(C)(C)C)NC(=O)c2ccccc2)c1. The highest BCUT2D eigenvalue weighted by molar-refractivity contribution is 5.94. The summed E-state index contributed by atoms with van der Waals surface area (Å²) >= 11 is 0. The molecule has 0 saturated heterocycles. The smallest absolute Gasteiger partial charge is 0.308 e. The lowest BCUT2D eigenvalue weighted by molar-refractivity contribution is -0.155. The summed E-state index contributed by atoms with van der Waals surface area (Å²) in [6.07, 6.45) is 0.585. The predicted octanol–water partition coefficient (Wildman–Crippen LogP) is 3.77. The van der Waals surface area contributed by atoms with Crippen molar-refractivity contribution in [3.63, 3.8) is 0 Å². The predicted molar refractivity (Wildman–Crippen MR) is 105 cm³/mol. The van der Waals surface area contributed by atoms with Gasteiger partial charge >= 0.3 is 5.97 Å². The van der Waals surface area contributed by atoms with E-state index in [0.29, 0.717) is 12.0 Å². The Morgan fingerprint density at radius 3 is 2.37 bits per heavy atom. The van der Waals surface area contributed by atoms with Crippen LogP contribution >= 0.6 is 0 Å². The van der Waals surface area contributed by atoms with Gasteiger partial charge in [0.05, 0.1) is 13.5 Å². The zero-order chi connectivity index (χ0) is 19.9. The quantitative estimate of drug-likeness (QED) is 0.755. The van der Waals surface area contributed by atoms with Gasteiger partial charge in [0.2, 0.25) is 0 Å². The number of hydrogen-bond acceptors (Lipinski definition) is 4. The highest BCUT2D eigenvalue weighted by atomic mass is 16.6. The maximum absolute atomic E-state index is 12.5. The third-order valence-corrected chi connectivity index (χ3v) is 3.82. The van der Waals surface area contributed by atoms with Crippen LogP contribution in [-0.2, 0) is 16.0 Å². The highest BCUT2D eigenvalue weighted by Gasteiger charge is 2.22. The third kappa shape index (κ3) is 7.13. The minimum atomic E-state index is -0.568. The number of carbonyl (C=O) groups excluding carboxylic acids is 2. The van der Waals surface area contributed by atoms with Crippen molar-refractivity contribution in [2.24, 2.45) is 0 Å². The average Bonchev–Trinajstić information content (AvgIpc) is 2.60. The Morgan fingerprint density at radius 1 is 1.04 bits per heavy atom. The Kier molecular flexibility index (Phi) is 6.99. The number of benzene rings is 2. The molecule has 0 saturated carbocycles. The number of hydrogen-bond donors (Lipinski definition) is 1. The number of esters is 1. The molecule has 1 N–H and O–H groups in total. The van der Waals surface area contributed by atoms with E-state index in [1.807, 2.05) is 51.1 Å². The molecule has 2 aromatic carbocycles. The van der Waals surface area contributed by atoms with E-state index in [9.17, 15) is 9.59 Å². The molecule has 5 nitrogen and oxygen atoms in total. The number of ether oxygens (including phenoxy) is 2. The van der Waals surface area contributed by atoms with Crippen molar-refractivity contribution in [2.75, 3.05) is 7.11 Å². The standard InChI is InChI=1S/C22H27NO4/c1-22(2,3)27-20(24)15-18(13-16-9-8-12-19(14-16)26-4)23-21(25)17-10-6-5-7-11-17/h5-12,14,18H,13,15H2,1-4H3,(H,23,25)/t18-/m1/s1. The van der Waals surface area contributed by atoms with Crippen molar-refractivity contribution in [3.05, 3.63) is 65.7 Å². The maximum atomic E-state index is 12.5. The van der Waals surface area contributed by atoms with Crippen molar-refractivity contribution >= 4 is 11.9 Å². The molecule has 0 spiro atoms. The van der Waals surface area contributed by atoms with Crippen molar-refractivity contribution in [1.29, 1.82) is 0 Å². The van der Waals surface area contributed by atoms with Crippen LogP contribution in [0.5, 0.6) is 5.75 Å². The van der Waals surface area contributed by atoms with E-state index in [1.165, 1.54) is 0 Å². The molecule has 27 heavy (non-hydrogen) atoms. The van der Waals surface area contributed by atoms with Crippen molar-refractivity contribution in [3.8, 4) is 5.75 Å². The normalized spacial score (nSPS) is 12.1. The second kappa shape index (κ2) is 9.21. The van der Waals surface area contributed by atoms with Gasteiger partial charge < -0.3 is 14.8 Å². The first kappa shape index (κ1) is 20.5. The van der Waals surface area contributed by atoms with Crippen molar-refractivity contribution < 1.29 is 19.1 Å². The molecular weight excluding hydrogens is 342 g/mol. The number of methoxy groups -OCH3 is 1. The van der Waals surface area contributed by atoms with Crippen LogP contribution in [0.3, 0.4) is 0 Å². The first-order valence-electron chi connectivity index (χ1n) is 8.97. The van der Waals surface area contributed by atoms with E-state index in [1.54, 1.807) is 31.4 Å². The van der Waals surface area contributed by atoms with Crippen LogP contribution in [0.15, 0.2) is 54.6 Å². The van der Waals surface area contributed by atoms with Crippen LogP contribution in [0, 0.1) is 0 Å². The largest absolute Gasteiger partial charge is 0.497 e. The summed E-state index contributed by atoms with van der Waals surface area (Å²) in [7, 11) is 1.61. The number of rotatable bonds is 7. The van der Waals surface area contributed by atoms with Crippen LogP contribution in [0.2, 0.25) is 0 Å². The topological polar surface area (TPSA) is 64.6 Å². The lowest BCUT2D eigenvalue weighted by Gasteiger charge is -2.23. The summed E-state index contributed by atoms with van der Waals surface area (Å²) in [5.41, 5.74) is 0.953. The molecule has 0 heterocycles. The van der Waals surface area contributed by atoms with Gasteiger partial charge in [0, 0.05) is 11.6 Å². The zero-order valence-electron chi connectivity index (χ0n) is 16.3. The average molecular weight is 369 g/mol. The van der Waals surface area contributed by atoms with Gasteiger partial charge in [0.1, 0.15) is 11.4 Å². The molecule has 0 aliphatic rings. The summed E-state index contributed by atoms with van der Waals surface area (Å²) in [6, 6.07) is 16.1. The first-order chi connectivity index (χ1) is 12.8. The van der Waals surface area contributed by atoms with E-state index in [2.05, 4.69) is 5.32 Å². The van der Waals surface area contributed by atoms with Crippen LogP contribution in [0.1, 0.15) is 43.1 Å². The molecule has 5 heteroatoms. The van der Waals surface area contributed by atoms with E-state index in [4.69, 9.17) is 9.47 Å². The second-order valence-electron chi connectivity index (χ2n) is 7.38. The molecule has 1 amide bonds. The molecule has 1 atom stereocenters. The highest BCUT2D eigenvalue weighted by Crippen LogP contribution is 2.17. The zero-order valence-corrected chi connectivity index (χ0v) is 16.3. The van der Waals surface area contributed by atoms with Gasteiger partial charge in [-0.15, -0.1) is 0 Å². The molecule has 0 aliphatic heterocycles. The van der Waals surface area contributed by atoms with Crippen LogP contribution < -0.4 is 10.1 Å². The Labute approximate surface area is 160 Å². The summed E-state index contributed by atoms with van der Waals surface area (Å²) in [4.78, 5) is 24.8. The fourth-order valence-corrected chi connectivity index (χ4v) is 2.70. The van der Waals surface area contributed by atoms with E-state index in [0.717, 1.165) is 11.3 Å². The second-order valence-corrected chi connectivity index (χ2v) is 7.38. The van der Waals surface area contributed by atoms with Gasteiger partial charge in [-0.1, -0.05) is 30.3 Å². The van der Waals surface area contributed by atoms with Gasteiger partial charge in [-0.2, -0.15) is 0 Å². The number of carbonyl (C=O) groups is 2. The molecule has 0 aliphatic carbocycles. The fraction of sp³-hybridized carbons (Fsp3) is 0.364. The summed E-state index contributed by atoms with van der Waals surface area (Å²) in [5, 5.41) is 2.96.